The Morgan fingerprint density at radius 2 is 1.48 bits per heavy atom. The molecule has 1 aliphatic carbocycles. The van der Waals surface area contributed by atoms with E-state index in [2.05, 4.69) is 43.0 Å². The molecule has 0 radical (unpaired) electrons. The third kappa shape index (κ3) is 5.20. The second-order valence-corrected chi connectivity index (χ2v) is 7.21. The van der Waals surface area contributed by atoms with Crippen molar-refractivity contribution in [1.29, 1.82) is 0 Å². The van der Waals surface area contributed by atoms with E-state index >= 15 is 0 Å². The highest BCUT2D eigenvalue weighted by Crippen LogP contribution is 2.31. The Morgan fingerprint density at radius 1 is 0.880 bits per heavy atom. The van der Waals surface area contributed by atoms with E-state index in [1.807, 2.05) is 12.1 Å². The van der Waals surface area contributed by atoms with Gasteiger partial charge < -0.3 is 0 Å². The minimum atomic E-state index is -0.198. The molecule has 2 aromatic rings. The monoisotopic (exact) mass is 334 g/mol. The zero-order chi connectivity index (χ0) is 17.5. The van der Waals surface area contributed by atoms with Crippen molar-refractivity contribution < 1.29 is 4.39 Å². The average molecular weight is 334 g/mol. The first-order valence-electron chi connectivity index (χ1n) is 9.62. The summed E-state index contributed by atoms with van der Waals surface area (Å²) in [5, 5.41) is 0. The number of unbranched alkanes of at least 4 members (excludes halogenated alkanes) is 1. The fourth-order valence-corrected chi connectivity index (χ4v) is 3.66. The molecule has 0 atom stereocenters. The summed E-state index contributed by atoms with van der Waals surface area (Å²) in [4.78, 5) is 0. The first-order chi connectivity index (χ1) is 12.2. The zero-order valence-corrected chi connectivity index (χ0v) is 15.1. The van der Waals surface area contributed by atoms with Crippen LogP contribution < -0.4 is 0 Å². The highest BCUT2D eigenvalue weighted by molar-refractivity contribution is 5.64. The quantitative estimate of drug-likeness (QED) is 0.537. The lowest BCUT2D eigenvalue weighted by Crippen LogP contribution is -2.13. The van der Waals surface area contributed by atoms with E-state index in [4.69, 9.17) is 0 Å². The van der Waals surface area contributed by atoms with Crippen LogP contribution in [0.2, 0.25) is 0 Å². The van der Waals surface area contributed by atoms with Crippen LogP contribution in [0.25, 0.3) is 11.1 Å². The van der Waals surface area contributed by atoms with E-state index in [0.717, 1.165) is 22.6 Å². The summed E-state index contributed by atoms with van der Waals surface area (Å²) in [5.41, 5.74) is 3.20. The van der Waals surface area contributed by atoms with Crippen LogP contribution >= 0.6 is 0 Å². The van der Waals surface area contributed by atoms with Gasteiger partial charge in [0, 0.05) is 11.5 Å². The fourth-order valence-electron chi connectivity index (χ4n) is 3.66. The standard InChI is InChI=1S/C24H27F/c1-2-3-4-19-5-7-20(8-6-19)9-10-21-11-13-22(14-12-21)23-15-17-24(25)18-16-23/h11-20H,2-8H2,1H3. The van der Waals surface area contributed by atoms with Gasteiger partial charge in [0.25, 0.3) is 0 Å². The van der Waals surface area contributed by atoms with Crippen molar-refractivity contribution >= 4 is 0 Å². The number of rotatable bonds is 4. The summed E-state index contributed by atoms with van der Waals surface area (Å²) in [5.74, 6) is 8.14. The van der Waals surface area contributed by atoms with Crippen molar-refractivity contribution in [2.75, 3.05) is 0 Å². The molecule has 0 nitrogen and oxygen atoms in total. The van der Waals surface area contributed by atoms with Crippen LogP contribution in [0, 0.1) is 29.5 Å². The van der Waals surface area contributed by atoms with Crippen LogP contribution in [0.3, 0.4) is 0 Å². The lowest BCUT2D eigenvalue weighted by molar-refractivity contribution is 0.296. The Morgan fingerprint density at radius 3 is 2.08 bits per heavy atom. The molecule has 1 heteroatoms. The summed E-state index contributed by atoms with van der Waals surface area (Å²) in [6.45, 7) is 2.28. The van der Waals surface area contributed by atoms with E-state index in [1.54, 1.807) is 0 Å². The molecule has 1 fully saturated rings. The first-order valence-corrected chi connectivity index (χ1v) is 9.62. The molecule has 0 amide bonds. The Hall–Kier alpha value is -2.07. The van der Waals surface area contributed by atoms with Gasteiger partial charge >= 0.3 is 0 Å². The maximum absolute atomic E-state index is 13.0. The smallest absolute Gasteiger partial charge is 0.123 e. The minimum Gasteiger partial charge on any atom is -0.207 e. The number of benzene rings is 2. The van der Waals surface area contributed by atoms with Gasteiger partial charge in [0.1, 0.15) is 5.82 Å². The molecule has 0 N–H and O–H groups in total. The van der Waals surface area contributed by atoms with Crippen molar-refractivity contribution in [3.05, 3.63) is 59.9 Å². The molecule has 2 aromatic carbocycles. The van der Waals surface area contributed by atoms with Crippen molar-refractivity contribution in [1.82, 2.24) is 0 Å². The van der Waals surface area contributed by atoms with Crippen molar-refractivity contribution in [3.63, 3.8) is 0 Å². The molecule has 0 bridgehead atoms. The summed E-state index contributed by atoms with van der Waals surface area (Å²) in [6.07, 6.45) is 9.31. The fraction of sp³-hybridized carbons (Fsp3) is 0.417. The van der Waals surface area contributed by atoms with Gasteiger partial charge in [-0.25, -0.2) is 4.39 Å². The van der Waals surface area contributed by atoms with Gasteiger partial charge in [-0.1, -0.05) is 62.3 Å². The lowest BCUT2D eigenvalue weighted by Gasteiger charge is -2.25. The van der Waals surface area contributed by atoms with E-state index in [1.165, 1.54) is 57.1 Å². The number of halogens is 1. The van der Waals surface area contributed by atoms with Gasteiger partial charge in [-0.15, -0.1) is 0 Å². The minimum absolute atomic E-state index is 0.198. The molecule has 0 saturated heterocycles. The molecular formula is C24H27F. The Kier molecular flexibility index (Phi) is 6.29. The van der Waals surface area contributed by atoms with Gasteiger partial charge in [-0.2, -0.15) is 0 Å². The van der Waals surface area contributed by atoms with Crippen molar-refractivity contribution in [2.45, 2.75) is 51.9 Å². The maximum Gasteiger partial charge on any atom is 0.123 e. The maximum atomic E-state index is 13.0. The normalized spacial score (nSPS) is 19.9. The molecule has 0 unspecified atom stereocenters. The van der Waals surface area contributed by atoms with Crippen LogP contribution in [0.1, 0.15) is 57.4 Å². The van der Waals surface area contributed by atoms with E-state index in [0.29, 0.717) is 5.92 Å². The zero-order valence-electron chi connectivity index (χ0n) is 15.1. The second kappa shape index (κ2) is 8.86. The largest absolute Gasteiger partial charge is 0.207 e. The molecule has 0 spiro atoms. The third-order valence-corrected chi connectivity index (χ3v) is 5.30. The Balaban J connectivity index is 1.56. The molecule has 0 heterocycles. The van der Waals surface area contributed by atoms with Crippen LogP contribution in [0.4, 0.5) is 4.39 Å². The topological polar surface area (TPSA) is 0 Å². The summed E-state index contributed by atoms with van der Waals surface area (Å²) >= 11 is 0. The number of hydrogen-bond acceptors (Lipinski definition) is 0. The predicted molar refractivity (Wildman–Crippen MR) is 104 cm³/mol. The van der Waals surface area contributed by atoms with Crippen LogP contribution in [-0.2, 0) is 0 Å². The first kappa shape index (κ1) is 17.7. The SMILES string of the molecule is CCCCC1CCC(C#Cc2ccc(-c3ccc(F)cc3)cc2)CC1. The average Bonchev–Trinajstić information content (AvgIpc) is 2.67. The summed E-state index contributed by atoms with van der Waals surface area (Å²) < 4.78 is 13.0. The molecule has 0 aliphatic heterocycles. The Bertz CT molecular complexity index is 707. The molecule has 3 rings (SSSR count). The molecular weight excluding hydrogens is 307 g/mol. The van der Waals surface area contributed by atoms with Gasteiger partial charge in [0.15, 0.2) is 0 Å². The molecule has 1 aliphatic rings. The summed E-state index contributed by atoms with van der Waals surface area (Å²) in [7, 11) is 0. The van der Waals surface area contributed by atoms with Crippen LogP contribution in [0.5, 0.6) is 0 Å². The summed E-state index contributed by atoms with van der Waals surface area (Å²) in [6, 6.07) is 14.9. The van der Waals surface area contributed by atoms with Crippen molar-refractivity contribution in [2.24, 2.45) is 11.8 Å². The third-order valence-electron chi connectivity index (χ3n) is 5.30. The second-order valence-electron chi connectivity index (χ2n) is 7.21. The van der Waals surface area contributed by atoms with Gasteiger partial charge in [-0.05, 0) is 67.0 Å². The van der Waals surface area contributed by atoms with Gasteiger partial charge in [0.05, 0.1) is 0 Å². The highest BCUT2D eigenvalue weighted by atomic mass is 19.1. The molecule has 0 aromatic heterocycles. The highest BCUT2D eigenvalue weighted by Gasteiger charge is 2.19. The molecule has 25 heavy (non-hydrogen) atoms. The molecule has 1 saturated carbocycles. The molecule has 130 valence electrons. The van der Waals surface area contributed by atoms with Crippen molar-refractivity contribution in [3.8, 4) is 23.0 Å². The Labute approximate surface area is 151 Å². The number of hydrogen-bond donors (Lipinski definition) is 0. The predicted octanol–water partition coefficient (Wildman–Crippen LogP) is 6.84. The van der Waals surface area contributed by atoms with Crippen LogP contribution in [-0.4, -0.2) is 0 Å². The lowest BCUT2D eigenvalue weighted by atomic mass is 9.80. The van der Waals surface area contributed by atoms with Gasteiger partial charge in [-0.3, -0.25) is 0 Å². The van der Waals surface area contributed by atoms with E-state index < -0.39 is 0 Å². The van der Waals surface area contributed by atoms with Gasteiger partial charge in [0.2, 0.25) is 0 Å². The van der Waals surface area contributed by atoms with Crippen LogP contribution in [0.15, 0.2) is 48.5 Å². The van der Waals surface area contributed by atoms with E-state index in [-0.39, 0.29) is 5.82 Å². The van der Waals surface area contributed by atoms with E-state index in [9.17, 15) is 4.39 Å².